The van der Waals surface area contributed by atoms with Crippen LogP contribution in [0.25, 0.3) is 16.5 Å². The van der Waals surface area contributed by atoms with Gasteiger partial charge in [0.25, 0.3) is 5.91 Å². The van der Waals surface area contributed by atoms with Crippen LogP contribution in [0.4, 0.5) is 5.69 Å². The van der Waals surface area contributed by atoms with Crippen molar-refractivity contribution in [1.82, 2.24) is 20.1 Å². The van der Waals surface area contributed by atoms with E-state index < -0.39 is 0 Å². The van der Waals surface area contributed by atoms with Crippen LogP contribution in [-0.4, -0.2) is 45.8 Å². The minimum absolute atomic E-state index is 0.276. The molecule has 0 unspecified atom stereocenters. The van der Waals surface area contributed by atoms with Gasteiger partial charge in [-0.2, -0.15) is 5.10 Å². The molecule has 0 bridgehead atoms. The number of aromatic nitrogens is 3. The summed E-state index contributed by atoms with van der Waals surface area (Å²) >= 11 is 0. The van der Waals surface area contributed by atoms with Crippen molar-refractivity contribution >= 4 is 34.8 Å². The zero-order chi connectivity index (χ0) is 20.9. The van der Waals surface area contributed by atoms with Crippen molar-refractivity contribution in [2.75, 3.05) is 18.4 Å². The summed E-state index contributed by atoms with van der Waals surface area (Å²) in [6, 6.07) is 9.52. The Bertz CT molecular complexity index is 1120. The van der Waals surface area contributed by atoms with Crippen LogP contribution in [0.2, 0.25) is 0 Å². The molecular weight excluding hydrogens is 376 g/mol. The third-order valence-corrected chi connectivity index (χ3v) is 5.21. The number of rotatable bonds is 6. The lowest BCUT2D eigenvalue weighted by Crippen LogP contribution is -2.17. The van der Waals surface area contributed by atoms with Crippen LogP contribution in [-0.2, 0) is 0 Å². The Hall–Kier alpha value is -3.74. The number of pyridine rings is 1. The monoisotopic (exact) mass is 400 g/mol. The van der Waals surface area contributed by atoms with Crippen molar-refractivity contribution < 1.29 is 4.79 Å². The minimum Gasteiger partial charge on any atom is -0.370 e. The molecule has 0 atom stereocenters. The molecule has 2 N–H and O–H groups in total. The summed E-state index contributed by atoms with van der Waals surface area (Å²) in [7, 11) is 0. The molecule has 2 aromatic heterocycles. The van der Waals surface area contributed by atoms with Gasteiger partial charge < -0.3 is 10.2 Å². The molecule has 1 fully saturated rings. The summed E-state index contributed by atoms with van der Waals surface area (Å²) in [5, 5.41) is 10.8. The summed E-state index contributed by atoms with van der Waals surface area (Å²) in [5.74, 6) is -0.276. The topological polar surface area (TPSA) is 86.3 Å². The second kappa shape index (κ2) is 8.73. The van der Waals surface area contributed by atoms with Crippen molar-refractivity contribution in [2.45, 2.75) is 19.8 Å². The molecule has 0 saturated carbocycles. The maximum Gasteiger partial charge on any atom is 0.276 e. The van der Waals surface area contributed by atoms with Crippen molar-refractivity contribution in [3.63, 3.8) is 0 Å². The van der Waals surface area contributed by atoms with Crippen molar-refractivity contribution in [2.24, 2.45) is 4.99 Å². The minimum atomic E-state index is -0.276. The molecule has 30 heavy (non-hydrogen) atoms. The number of nitrogens with zero attached hydrogens (tertiary/aromatic N) is 4. The van der Waals surface area contributed by atoms with Crippen LogP contribution in [0.1, 0.15) is 35.8 Å². The molecule has 7 nitrogen and oxygen atoms in total. The molecule has 3 aromatic rings. The van der Waals surface area contributed by atoms with Crippen LogP contribution in [0.5, 0.6) is 0 Å². The molecule has 0 spiro atoms. The van der Waals surface area contributed by atoms with E-state index in [0.717, 1.165) is 40.8 Å². The first-order valence-electron chi connectivity index (χ1n) is 9.95. The second-order valence-electron chi connectivity index (χ2n) is 7.29. The van der Waals surface area contributed by atoms with Crippen LogP contribution >= 0.6 is 0 Å². The SMILES string of the molecule is C=N/C=C(\C=C(/C)c1ccc2[nH]nc(C(=O)Nc3cccnc3)c2c1)N1CCCC1. The van der Waals surface area contributed by atoms with E-state index in [4.69, 9.17) is 0 Å². The number of fused-ring (bicyclic) bond motifs is 1. The second-order valence-corrected chi connectivity index (χ2v) is 7.29. The fourth-order valence-electron chi connectivity index (χ4n) is 3.64. The summed E-state index contributed by atoms with van der Waals surface area (Å²) < 4.78 is 0. The maximum atomic E-state index is 12.7. The Morgan fingerprint density at radius 2 is 2.13 bits per heavy atom. The quantitative estimate of drug-likeness (QED) is 0.478. The Morgan fingerprint density at radius 3 is 2.87 bits per heavy atom. The van der Waals surface area contributed by atoms with Gasteiger partial charge >= 0.3 is 0 Å². The van der Waals surface area contributed by atoms with Gasteiger partial charge in [-0.05, 0) is 68.0 Å². The highest BCUT2D eigenvalue weighted by atomic mass is 16.1. The molecule has 1 aromatic carbocycles. The zero-order valence-corrected chi connectivity index (χ0v) is 16.9. The number of carbonyl (C=O) groups excluding carboxylic acids is 1. The van der Waals surface area contributed by atoms with E-state index in [-0.39, 0.29) is 5.91 Å². The number of allylic oxidation sites excluding steroid dienone is 2. The maximum absolute atomic E-state index is 12.7. The first-order chi connectivity index (χ1) is 14.7. The highest BCUT2D eigenvalue weighted by Crippen LogP contribution is 2.25. The van der Waals surface area contributed by atoms with E-state index in [1.165, 1.54) is 12.8 Å². The van der Waals surface area contributed by atoms with Gasteiger partial charge in [0.05, 0.1) is 23.1 Å². The smallest absolute Gasteiger partial charge is 0.276 e. The predicted octanol–water partition coefficient (Wildman–Crippen LogP) is 4.25. The molecule has 1 aliphatic heterocycles. The lowest BCUT2D eigenvalue weighted by molar-refractivity contribution is 0.102. The summed E-state index contributed by atoms with van der Waals surface area (Å²) in [6.07, 6.45) is 9.57. The number of aliphatic imine (C=N–C) groups is 1. The lowest BCUT2D eigenvalue weighted by Gasteiger charge is -2.19. The standard InChI is InChI=1S/C23H24N6O/c1-16(12-19(15-24-2)29-10-3-4-11-29)17-7-8-21-20(13-17)22(28-27-21)23(30)26-18-6-5-9-25-14-18/h5-9,12-15H,2-4,10-11H2,1H3,(H,26,30)(H,27,28)/b16-12+,19-15+. The largest absolute Gasteiger partial charge is 0.370 e. The van der Waals surface area contributed by atoms with Gasteiger partial charge in [-0.1, -0.05) is 6.07 Å². The normalized spacial score (nSPS) is 14.9. The van der Waals surface area contributed by atoms with Crippen molar-refractivity contribution in [3.05, 3.63) is 72.0 Å². The number of hydrogen-bond donors (Lipinski definition) is 2. The number of H-pyrrole nitrogens is 1. The highest BCUT2D eigenvalue weighted by Gasteiger charge is 2.16. The number of aromatic amines is 1. The molecule has 0 radical (unpaired) electrons. The van der Waals surface area contributed by atoms with Gasteiger partial charge in [-0.25, -0.2) is 0 Å². The Balaban J connectivity index is 1.64. The van der Waals surface area contributed by atoms with Gasteiger partial charge in [0.2, 0.25) is 0 Å². The third-order valence-electron chi connectivity index (χ3n) is 5.21. The number of likely N-dealkylation sites (tertiary alicyclic amines) is 1. The van der Waals surface area contributed by atoms with Crippen molar-refractivity contribution in [1.29, 1.82) is 0 Å². The molecule has 3 heterocycles. The van der Waals surface area contributed by atoms with E-state index >= 15 is 0 Å². The fourth-order valence-corrected chi connectivity index (χ4v) is 3.64. The molecule has 1 aliphatic rings. The molecular formula is C23H24N6O. The summed E-state index contributed by atoms with van der Waals surface area (Å²) in [6.45, 7) is 7.73. The van der Waals surface area contributed by atoms with Crippen molar-refractivity contribution in [3.8, 4) is 0 Å². The number of carbonyl (C=O) groups is 1. The van der Waals surface area contributed by atoms with Gasteiger partial charge in [-0.15, -0.1) is 0 Å². The number of hydrogen-bond acceptors (Lipinski definition) is 5. The number of anilines is 1. The predicted molar refractivity (Wildman–Crippen MR) is 120 cm³/mol. The number of amides is 1. The van der Waals surface area contributed by atoms with E-state index in [1.54, 1.807) is 30.7 Å². The first-order valence-corrected chi connectivity index (χ1v) is 9.95. The molecule has 7 heteroatoms. The average molecular weight is 400 g/mol. The van der Waals surface area contributed by atoms with Gasteiger partial charge in [0.15, 0.2) is 5.69 Å². The molecule has 1 saturated heterocycles. The fraction of sp³-hybridized carbons (Fsp3) is 0.217. The Morgan fingerprint density at radius 1 is 1.30 bits per heavy atom. The number of benzene rings is 1. The molecule has 1 amide bonds. The van der Waals surface area contributed by atoms with E-state index in [1.807, 2.05) is 18.2 Å². The zero-order valence-electron chi connectivity index (χ0n) is 16.9. The molecule has 4 rings (SSSR count). The van der Waals surface area contributed by atoms with Gasteiger partial charge in [0.1, 0.15) is 0 Å². The van der Waals surface area contributed by atoms with E-state index in [2.05, 4.69) is 50.1 Å². The summed E-state index contributed by atoms with van der Waals surface area (Å²) in [5.41, 5.74) is 4.95. The Kier molecular flexibility index (Phi) is 5.70. The van der Waals surface area contributed by atoms with Crippen LogP contribution in [0.3, 0.4) is 0 Å². The average Bonchev–Trinajstić information content (AvgIpc) is 3.43. The summed E-state index contributed by atoms with van der Waals surface area (Å²) in [4.78, 5) is 23.1. The number of nitrogens with one attached hydrogen (secondary N) is 2. The van der Waals surface area contributed by atoms with Crippen LogP contribution in [0, 0.1) is 0 Å². The van der Waals surface area contributed by atoms with Gasteiger partial charge in [-0.3, -0.25) is 19.9 Å². The van der Waals surface area contributed by atoms with Gasteiger partial charge in [0, 0.05) is 30.9 Å². The molecule has 0 aliphatic carbocycles. The van der Waals surface area contributed by atoms with E-state index in [9.17, 15) is 4.79 Å². The Labute approximate surface area is 175 Å². The lowest BCUT2D eigenvalue weighted by atomic mass is 10.0. The highest BCUT2D eigenvalue weighted by molar-refractivity contribution is 6.11. The van der Waals surface area contributed by atoms with Crippen LogP contribution < -0.4 is 5.32 Å². The van der Waals surface area contributed by atoms with E-state index in [0.29, 0.717) is 11.4 Å². The first kappa shape index (κ1) is 19.6. The van der Waals surface area contributed by atoms with Crippen LogP contribution in [0.15, 0.2) is 65.7 Å². The third kappa shape index (κ3) is 4.15. The molecule has 152 valence electrons.